The molecular formula is C102H186N26O20. The first-order valence-electron chi connectivity index (χ1n) is 53.2. The monoisotopic (exact) mass is 2100 g/mol. The zero-order chi connectivity index (χ0) is 112. The van der Waals surface area contributed by atoms with Crippen molar-refractivity contribution in [1.29, 1.82) is 0 Å². The molecule has 0 bridgehead atoms. The van der Waals surface area contributed by atoms with Crippen LogP contribution in [0.25, 0.3) is 0 Å². The molecule has 0 aliphatic rings. The van der Waals surface area contributed by atoms with Gasteiger partial charge in [-0.15, -0.1) is 0 Å². The number of carbonyl (C=O) groups excluding carboxylic acids is 18. The zero-order valence-corrected chi connectivity index (χ0v) is 90.9. The van der Waals surface area contributed by atoms with E-state index in [1.165, 1.54) is 34.6 Å². The number of carboxylic acids is 1. The van der Waals surface area contributed by atoms with E-state index < -0.39 is 227 Å². The second-order valence-corrected chi connectivity index (χ2v) is 41.3. The van der Waals surface area contributed by atoms with E-state index in [9.17, 15) is 96.2 Å². The van der Waals surface area contributed by atoms with Crippen molar-refractivity contribution in [2.45, 2.75) is 412 Å². The minimum atomic E-state index is -1.38. The largest absolute Gasteiger partial charge is 0.480 e. The fraction of sp³-hybridized carbons (Fsp3) is 0.755. The molecule has 18 amide bonds. The van der Waals surface area contributed by atoms with E-state index in [2.05, 4.69) is 95.7 Å². The molecule has 46 nitrogen and oxygen atoms in total. The Kier molecular flexibility index (Phi) is 68.0. The minimum Gasteiger partial charge on any atom is -0.480 e. The summed E-state index contributed by atoms with van der Waals surface area (Å²) < 4.78 is 0. The van der Waals surface area contributed by atoms with E-state index in [0.717, 1.165) is 5.56 Å². The van der Waals surface area contributed by atoms with Gasteiger partial charge in [0.1, 0.15) is 109 Å². The summed E-state index contributed by atoms with van der Waals surface area (Å²) in [4.78, 5) is 269. The number of hydrogen-bond acceptors (Lipinski definition) is 27. The molecule has 0 aliphatic heterocycles. The lowest BCUT2D eigenvalue weighted by Crippen LogP contribution is -2.61. The number of nitrogens with one attached hydrogen (secondary N) is 18. The summed E-state index contributed by atoms with van der Waals surface area (Å²) in [6, 6.07) is -15.2. The van der Waals surface area contributed by atoms with Crippen molar-refractivity contribution in [1.82, 2.24) is 95.7 Å². The summed E-state index contributed by atoms with van der Waals surface area (Å²) in [7, 11) is 0. The van der Waals surface area contributed by atoms with Crippen LogP contribution in [0.3, 0.4) is 0 Å². The molecule has 844 valence electrons. The van der Waals surface area contributed by atoms with Crippen LogP contribution in [0, 0.1) is 35.5 Å². The fourth-order valence-corrected chi connectivity index (χ4v) is 16.1. The lowest BCUT2D eigenvalue weighted by atomic mass is 10.00. The summed E-state index contributed by atoms with van der Waals surface area (Å²) >= 11 is 0. The first-order valence-corrected chi connectivity index (χ1v) is 53.2. The SMILES string of the molecule is CC(C)C[C@H](NC(=O)[C@H](C)NC(=O)[C@H](CCCCN)NC(=O)[C@H](CCCCN)NC(=O)[C@H](CC(C)C)NC(=O)[C@H](C)NC(=O)[C@H](CCCCN)NC(=O)[C@H](CCCCN)NC(=O)[C@H](CC(C)C)NC(=O)[C@H](CCCCN)NC(=O)[C@H](CCCCN)NC(=O)[C@H](CC(C)C)NC(=O)[C@H](C)NC(=O)[C@H](CCCCN)NC(=O)[C@H](CC(C)C)NC(=O)[C@H](C)NC(=O)[C@H](CC(C)C)NC(=O)[C@H](C)NC(=O)[C@@H](N)Cc1ccccc1)C(=O)O. The molecule has 1 aromatic carbocycles. The maximum atomic E-state index is 14.9. The number of nitrogens with two attached hydrogens (primary N) is 8. The summed E-state index contributed by atoms with van der Waals surface area (Å²) in [6.45, 7) is 30.0. The Morgan fingerprint density at radius 2 is 0.351 bits per heavy atom. The number of amides is 18. The van der Waals surface area contributed by atoms with Crippen LogP contribution in [0.1, 0.15) is 297 Å². The molecule has 35 N–H and O–H groups in total. The van der Waals surface area contributed by atoms with Crippen LogP contribution in [0.4, 0.5) is 0 Å². The van der Waals surface area contributed by atoms with Gasteiger partial charge in [-0.05, 0) is 301 Å². The smallest absolute Gasteiger partial charge is 0.326 e. The molecule has 0 aliphatic carbocycles. The summed E-state index contributed by atoms with van der Waals surface area (Å²) in [5.41, 5.74) is 48.2. The minimum absolute atomic E-state index is 0.00234. The summed E-state index contributed by atoms with van der Waals surface area (Å²) in [6.07, 6.45) is 5.76. The van der Waals surface area contributed by atoms with Crippen molar-refractivity contribution in [3.8, 4) is 0 Å². The third-order valence-electron chi connectivity index (χ3n) is 24.5. The Bertz CT molecular complexity index is 4250. The summed E-state index contributed by atoms with van der Waals surface area (Å²) in [5, 5.41) is 58.2. The number of benzene rings is 1. The number of unbranched alkanes of at least 4 members (excludes halogenated alkanes) is 7. The van der Waals surface area contributed by atoms with Gasteiger partial charge in [-0.3, -0.25) is 86.3 Å². The standard InChI is InChI=1S/C102H186N26O20/c1-58(2)51-78(123-84(129)64(13)111-89(134)70(110)57-69-35-19-18-20-36-69)97(142)115-67(16)87(132)126-79(52-59(3)4)98(143)119-73(39-23-30-46-105)92(137)113-66(15)86(131)125-81(54-61(7)8)100(145)121-76(42-26-33-49-108)95(140)118-77(43-27-34-50-109)96(141)127-82(55-62(9)10)101(146)122-75(41-25-32-48-107)94(139)116-71(37-21-28-44-103)90(135)112-65(14)85(130)124-80(53-60(5)6)99(144)120-74(40-24-31-47-106)93(138)117-72(38-22-29-45-104)91(136)114-68(17)88(133)128-83(102(147)148)56-63(11)12/h18-20,35-36,58-68,70-83H,21-34,37-57,103-110H2,1-17H3,(H,111,134)(H,112,135)(H,113,137)(H,114,136)(H,115,142)(H,116,139)(H,117,138)(H,118,140)(H,119,143)(H,120,144)(H,121,145)(H,122,146)(H,123,129)(H,124,130)(H,125,131)(H,126,132)(H,127,141)(H,128,133)(H,147,148)/t64-,65-,66-,67-,68-,70-,71-,72-,73-,74-,75-,76-,77-,78-,79-,80-,81-,82-,83-/m0/s1. The maximum absolute atomic E-state index is 14.9. The van der Waals surface area contributed by atoms with E-state index >= 15 is 0 Å². The van der Waals surface area contributed by atoms with Crippen LogP contribution in [-0.2, 0) is 97.5 Å². The van der Waals surface area contributed by atoms with Crippen molar-refractivity contribution in [2.75, 3.05) is 45.8 Å². The Hall–Kier alpha value is -11.2. The van der Waals surface area contributed by atoms with E-state index in [4.69, 9.17) is 45.9 Å². The first-order chi connectivity index (χ1) is 69.8. The Balaban J connectivity index is 3.63. The average Bonchev–Trinajstić information content (AvgIpc) is 0.846. The molecule has 0 fully saturated rings. The molecular weight excluding hydrogens is 1910 g/mol. The average molecular weight is 2100 g/mol. The van der Waals surface area contributed by atoms with E-state index in [0.29, 0.717) is 83.5 Å². The third-order valence-corrected chi connectivity index (χ3v) is 24.5. The molecule has 0 spiro atoms. The summed E-state index contributed by atoms with van der Waals surface area (Å²) in [5.74, 6) is -16.5. The van der Waals surface area contributed by atoms with Gasteiger partial charge in [0, 0.05) is 0 Å². The predicted octanol–water partition coefficient (Wildman–Crippen LogP) is -1.35. The van der Waals surface area contributed by atoms with Gasteiger partial charge >= 0.3 is 5.97 Å². The Labute approximate surface area is 875 Å². The molecule has 0 aromatic heterocycles. The van der Waals surface area contributed by atoms with E-state index in [1.54, 1.807) is 69.2 Å². The molecule has 0 radical (unpaired) electrons. The van der Waals surface area contributed by atoms with E-state index in [1.807, 2.05) is 44.2 Å². The number of aliphatic carboxylic acids is 1. The van der Waals surface area contributed by atoms with Gasteiger partial charge in [0.25, 0.3) is 0 Å². The maximum Gasteiger partial charge on any atom is 0.326 e. The van der Waals surface area contributed by atoms with Gasteiger partial charge in [-0.25, -0.2) is 4.79 Å². The van der Waals surface area contributed by atoms with Crippen molar-refractivity contribution in [3.05, 3.63) is 35.9 Å². The number of hydrogen-bond donors (Lipinski definition) is 27. The van der Waals surface area contributed by atoms with Crippen LogP contribution >= 0.6 is 0 Å². The molecule has 0 heterocycles. The van der Waals surface area contributed by atoms with Gasteiger partial charge in [0.15, 0.2) is 0 Å². The van der Waals surface area contributed by atoms with Gasteiger partial charge in [0.2, 0.25) is 106 Å². The van der Waals surface area contributed by atoms with Crippen molar-refractivity contribution in [3.63, 3.8) is 0 Å². The molecule has 148 heavy (non-hydrogen) atoms. The molecule has 19 atom stereocenters. The highest BCUT2D eigenvalue weighted by Gasteiger charge is 2.40. The molecule has 0 saturated heterocycles. The van der Waals surface area contributed by atoms with Crippen LogP contribution < -0.4 is 142 Å². The molecule has 46 heteroatoms. The van der Waals surface area contributed by atoms with Gasteiger partial charge in [-0.1, -0.05) is 113 Å². The highest BCUT2D eigenvalue weighted by molar-refractivity contribution is 6.02. The number of carbonyl (C=O) groups is 19. The highest BCUT2D eigenvalue weighted by atomic mass is 16.4. The lowest BCUT2D eigenvalue weighted by Gasteiger charge is -2.29. The predicted molar refractivity (Wildman–Crippen MR) is 566 cm³/mol. The first kappa shape index (κ1) is 135. The number of carboxylic acid groups (broad SMARTS) is 1. The van der Waals surface area contributed by atoms with Crippen LogP contribution in [0.15, 0.2) is 30.3 Å². The van der Waals surface area contributed by atoms with Crippen molar-refractivity contribution < 1.29 is 96.2 Å². The van der Waals surface area contributed by atoms with Gasteiger partial charge < -0.3 is 147 Å². The molecule has 0 unspecified atom stereocenters. The van der Waals surface area contributed by atoms with Crippen LogP contribution in [-0.4, -0.2) is 278 Å². The fourth-order valence-electron chi connectivity index (χ4n) is 16.1. The van der Waals surface area contributed by atoms with E-state index in [-0.39, 0.29) is 178 Å². The molecule has 1 aromatic rings. The highest BCUT2D eigenvalue weighted by Crippen LogP contribution is 2.19. The zero-order valence-electron chi connectivity index (χ0n) is 90.9. The normalized spacial score (nSPS) is 15.3. The van der Waals surface area contributed by atoms with Crippen molar-refractivity contribution in [2.24, 2.45) is 81.4 Å². The van der Waals surface area contributed by atoms with Gasteiger partial charge in [0.05, 0.1) is 6.04 Å². The third kappa shape index (κ3) is 55.9. The quantitative estimate of drug-likeness (QED) is 0.0335. The van der Waals surface area contributed by atoms with Gasteiger partial charge in [-0.2, -0.15) is 0 Å². The number of rotatable bonds is 79. The van der Waals surface area contributed by atoms with Crippen LogP contribution in [0.5, 0.6) is 0 Å². The second kappa shape index (κ2) is 74.7. The van der Waals surface area contributed by atoms with Crippen LogP contribution in [0.2, 0.25) is 0 Å². The topological polar surface area (TPSA) is 769 Å². The Morgan fingerprint density at radius 1 is 0.203 bits per heavy atom. The molecule has 0 saturated carbocycles. The van der Waals surface area contributed by atoms with Crippen molar-refractivity contribution >= 4 is 112 Å². The Morgan fingerprint density at radius 3 is 0.534 bits per heavy atom. The lowest BCUT2D eigenvalue weighted by molar-refractivity contribution is -0.142. The second-order valence-electron chi connectivity index (χ2n) is 41.3. The molecule has 1 rings (SSSR count).